The van der Waals surface area contributed by atoms with Gasteiger partial charge in [0.2, 0.25) is 0 Å². The van der Waals surface area contributed by atoms with Crippen LogP contribution in [0.15, 0.2) is 0 Å². The Balaban J connectivity index is -0.000000197. The third kappa shape index (κ3) is 158. The van der Waals surface area contributed by atoms with Gasteiger partial charge in [0.25, 0.3) is 0 Å². The summed E-state index contributed by atoms with van der Waals surface area (Å²) in [5, 5.41) is 0. The van der Waals surface area contributed by atoms with Crippen LogP contribution in [0.3, 0.4) is 0 Å². The summed E-state index contributed by atoms with van der Waals surface area (Å²) in [6, 6.07) is 0. The minimum atomic E-state index is -6.00. The van der Waals surface area contributed by atoms with Gasteiger partial charge in [0.1, 0.15) is 0 Å². The number of rotatable bonds is 5. The van der Waals surface area contributed by atoms with Crippen LogP contribution in [0, 0.1) is 0 Å². The summed E-state index contributed by atoms with van der Waals surface area (Å²) in [4.78, 5) is 0. The molecule has 0 spiro atoms. The Kier molecular flexibility index (Phi) is 16.4. The van der Waals surface area contributed by atoms with Crippen LogP contribution in [0.4, 0.5) is 34.5 Å². The highest BCUT2D eigenvalue weighted by Crippen LogP contribution is 2.07. The first-order chi connectivity index (χ1) is 7.91. The zero-order chi connectivity index (χ0) is 15.2. The number of halogens is 8. The molecule has 0 aliphatic carbocycles. The molecule has 0 aliphatic heterocycles. The van der Waals surface area contributed by atoms with E-state index in [1.54, 1.807) is 0 Å². The summed E-state index contributed by atoms with van der Waals surface area (Å²) in [5.74, 6) is 0. The van der Waals surface area contributed by atoms with Crippen molar-refractivity contribution in [3.8, 4) is 0 Å². The van der Waals surface area contributed by atoms with Gasteiger partial charge in [-0.1, -0.05) is 52.4 Å². The molecule has 0 nitrogen and oxygen atoms in total. The van der Waals surface area contributed by atoms with Gasteiger partial charge in [0.15, 0.2) is 0 Å². The largest absolute Gasteiger partial charge is 0.673 e. The third-order valence-corrected chi connectivity index (χ3v) is 1.46. The van der Waals surface area contributed by atoms with Crippen molar-refractivity contribution in [3.63, 3.8) is 0 Å². The molecule has 0 aromatic carbocycles. The van der Waals surface area contributed by atoms with Crippen LogP contribution < -0.4 is 0 Å². The molecule has 0 atom stereocenters. The predicted molar refractivity (Wildman–Crippen MR) is 59.4 cm³/mol. The Morgan fingerprint density at radius 3 is 0.778 bits per heavy atom. The second kappa shape index (κ2) is 13.0. The maximum Gasteiger partial charge on any atom is 0.673 e. The maximum absolute atomic E-state index is 9.75. The number of hydrogen-bond acceptors (Lipinski definition) is 0. The fraction of sp³-hybridized carbons (Fsp3) is 1.00. The topological polar surface area (TPSA) is 0 Å². The Hall–Kier alpha value is -0.430. The molecule has 0 aliphatic rings. The Morgan fingerprint density at radius 1 is 0.500 bits per heavy atom. The van der Waals surface area contributed by atoms with Crippen LogP contribution in [-0.4, -0.2) is 14.5 Å². The summed E-state index contributed by atoms with van der Waals surface area (Å²) in [6.45, 7) is 4.51. The van der Waals surface area contributed by atoms with Crippen molar-refractivity contribution < 1.29 is 34.5 Å². The van der Waals surface area contributed by atoms with Gasteiger partial charge in [0, 0.05) is 0 Å². The van der Waals surface area contributed by atoms with Crippen LogP contribution >= 0.6 is 0 Å². The van der Waals surface area contributed by atoms with Crippen LogP contribution in [-0.2, 0) is 0 Å². The van der Waals surface area contributed by atoms with E-state index in [0.717, 1.165) is 0 Å². The fourth-order valence-corrected chi connectivity index (χ4v) is 0.854. The zero-order valence-electron chi connectivity index (χ0n) is 10.4. The van der Waals surface area contributed by atoms with Crippen LogP contribution in [0.2, 0.25) is 0 Å². The minimum Gasteiger partial charge on any atom is -0.418 e. The summed E-state index contributed by atoms with van der Waals surface area (Å²) < 4.78 is 78.0. The van der Waals surface area contributed by atoms with Crippen molar-refractivity contribution in [2.75, 3.05) is 0 Å². The maximum atomic E-state index is 9.75. The SMILES string of the molecule is CCCCCCCC.F[B-](F)(F)F.F[B-](F)(F)F. The van der Waals surface area contributed by atoms with Crippen molar-refractivity contribution in [1.82, 2.24) is 0 Å². The smallest absolute Gasteiger partial charge is 0.418 e. The van der Waals surface area contributed by atoms with Crippen molar-refractivity contribution in [2.24, 2.45) is 0 Å². The first-order valence-corrected chi connectivity index (χ1v) is 5.66. The molecule has 0 rings (SSSR count). The van der Waals surface area contributed by atoms with E-state index in [0.29, 0.717) is 0 Å². The minimum absolute atomic E-state index is 1.36. The lowest BCUT2D eigenvalue weighted by Crippen LogP contribution is -2.02. The summed E-state index contributed by atoms with van der Waals surface area (Å²) >= 11 is 0. The monoisotopic (exact) mass is 288 g/mol. The Morgan fingerprint density at radius 2 is 0.667 bits per heavy atom. The summed E-state index contributed by atoms with van der Waals surface area (Å²) in [7, 11) is -12.0. The molecule has 0 fully saturated rings. The van der Waals surface area contributed by atoms with Gasteiger partial charge < -0.3 is 34.5 Å². The van der Waals surface area contributed by atoms with Gasteiger partial charge in [-0.25, -0.2) is 0 Å². The third-order valence-electron chi connectivity index (χ3n) is 1.46. The highest BCUT2D eigenvalue weighted by Gasteiger charge is 2.21. The molecule has 0 amide bonds. The molecular formula is C8H18B2F8-2. The number of hydrogen-bond donors (Lipinski definition) is 0. The predicted octanol–water partition coefficient (Wildman–Crippen LogP) is 5.97. The molecule has 0 saturated heterocycles. The Bertz CT molecular complexity index is 126. The first kappa shape index (κ1) is 22.7. The molecule has 0 bridgehead atoms. The lowest BCUT2D eigenvalue weighted by atomic mass is 10.1. The van der Waals surface area contributed by atoms with Gasteiger partial charge in [0.05, 0.1) is 0 Å². The molecule has 10 heteroatoms. The van der Waals surface area contributed by atoms with E-state index in [4.69, 9.17) is 0 Å². The molecule has 0 unspecified atom stereocenters. The van der Waals surface area contributed by atoms with E-state index in [1.807, 2.05) is 0 Å². The highest BCUT2D eigenvalue weighted by molar-refractivity contribution is 6.50. The molecule has 114 valence electrons. The molecule has 0 radical (unpaired) electrons. The molecule has 18 heavy (non-hydrogen) atoms. The lowest BCUT2D eigenvalue weighted by molar-refractivity contribution is 0.366. The van der Waals surface area contributed by atoms with Crippen LogP contribution in [0.25, 0.3) is 0 Å². The average Bonchev–Trinajstić information content (AvgIpc) is 2.07. The lowest BCUT2D eigenvalue weighted by Gasteiger charge is -1.94. The molecule has 0 heterocycles. The second-order valence-electron chi connectivity index (χ2n) is 3.40. The average molecular weight is 288 g/mol. The van der Waals surface area contributed by atoms with E-state index in [9.17, 15) is 34.5 Å². The van der Waals surface area contributed by atoms with E-state index < -0.39 is 14.5 Å². The molecule has 0 N–H and O–H groups in total. The molecule has 0 aromatic rings. The number of unbranched alkanes of at least 4 members (excludes halogenated alkanes) is 5. The van der Waals surface area contributed by atoms with Crippen molar-refractivity contribution in [2.45, 2.75) is 52.4 Å². The van der Waals surface area contributed by atoms with Gasteiger partial charge in [-0.15, -0.1) is 0 Å². The van der Waals surface area contributed by atoms with Crippen molar-refractivity contribution in [3.05, 3.63) is 0 Å². The van der Waals surface area contributed by atoms with Gasteiger partial charge >= 0.3 is 14.5 Å². The van der Waals surface area contributed by atoms with Crippen molar-refractivity contribution in [1.29, 1.82) is 0 Å². The standard InChI is InChI=1S/C8H18.2BF4/c1-3-5-7-8-6-4-2;2*2-1(3,4)5/h3-8H2,1-2H3;;/q;2*-1. The summed E-state index contributed by atoms with van der Waals surface area (Å²) in [5.41, 5.74) is 0. The quantitative estimate of drug-likeness (QED) is 0.332. The van der Waals surface area contributed by atoms with E-state index in [-0.39, 0.29) is 0 Å². The summed E-state index contributed by atoms with van der Waals surface area (Å²) in [6.07, 6.45) is 8.49. The van der Waals surface area contributed by atoms with E-state index >= 15 is 0 Å². The van der Waals surface area contributed by atoms with Crippen molar-refractivity contribution >= 4 is 14.5 Å². The second-order valence-corrected chi connectivity index (χ2v) is 3.40. The zero-order valence-corrected chi connectivity index (χ0v) is 10.4. The highest BCUT2D eigenvalue weighted by atomic mass is 19.5. The molecule has 0 saturated carbocycles. The first-order valence-electron chi connectivity index (χ1n) is 5.66. The van der Waals surface area contributed by atoms with Gasteiger partial charge in [-0.3, -0.25) is 0 Å². The van der Waals surface area contributed by atoms with E-state index in [1.165, 1.54) is 38.5 Å². The van der Waals surface area contributed by atoms with Crippen LogP contribution in [0.5, 0.6) is 0 Å². The van der Waals surface area contributed by atoms with Gasteiger partial charge in [-0.05, 0) is 0 Å². The van der Waals surface area contributed by atoms with Gasteiger partial charge in [-0.2, -0.15) is 0 Å². The van der Waals surface area contributed by atoms with Crippen LogP contribution in [0.1, 0.15) is 52.4 Å². The normalized spacial score (nSPS) is 11.0. The molecule has 0 aromatic heterocycles. The molecular weight excluding hydrogens is 270 g/mol. The Labute approximate surface area is 102 Å². The fourth-order valence-electron chi connectivity index (χ4n) is 0.854. The van der Waals surface area contributed by atoms with E-state index in [2.05, 4.69) is 13.8 Å².